The number of carbonyl (C=O) groups excluding carboxylic acids is 4. The van der Waals surface area contributed by atoms with E-state index < -0.39 is 17.1 Å². The normalized spacial score (nSPS) is 43.6. The van der Waals surface area contributed by atoms with Gasteiger partial charge in [-0.1, -0.05) is 20.8 Å². The van der Waals surface area contributed by atoms with Crippen molar-refractivity contribution in [1.82, 2.24) is 0 Å². The number of hydrogen-bond donors (Lipinski definition) is 1. The van der Waals surface area contributed by atoms with Crippen LogP contribution in [0.3, 0.4) is 0 Å². The van der Waals surface area contributed by atoms with E-state index in [-0.39, 0.29) is 77.6 Å². The van der Waals surface area contributed by atoms with Crippen LogP contribution in [0.25, 0.3) is 0 Å². The molecule has 0 saturated heterocycles. The second-order valence-electron chi connectivity index (χ2n) is 12.8. The number of fused-ring (bicyclic) bond motifs is 5. The van der Waals surface area contributed by atoms with Crippen molar-refractivity contribution in [3.63, 3.8) is 0 Å². The number of esters is 3. The van der Waals surface area contributed by atoms with Crippen LogP contribution in [0.4, 0.5) is 0 Å². The van der Waals surface area contributed by atoms with E-state index in [9.17, 15) is 24.3 Å². The zero-order valence-corrected chi connectivity index (χ0v) is 23.2. The summed E-state index contributed by atoms with van der Waals surface area (Å²) in [7, 11) is 1.40. The average molecular weight is 521 g/mol. The van der Waals surface area contributed by atoms with Crippen molar-refractivity contribution in [2.75, 3.05) is 7.11 Å². The van der Waals surface area contributed by atoms with Crippen molar-refractivity contribution in [2.24, 2.45) is 40.4 Å². The van der Waals surface area contributed by atoms with Crippen molar-refractivity contribution >= 4 is 23.7 Å². The highest BCUT2D eigenvalue weighted by atomic mass is 16.6. The summed E-state index contributed by atoms with van der Waals surface area (Å²) in [5, 5.41) is 11.9. The van der Waals surface area contributed by atoms with Gasteiger partial charge in [-0.05, 0) is 55.8 Å². The van der Waals surface area contributed by atoms with Crippen molar-refractivity contribution in [3.8, 4) is 0 Å². The molecule has 4 rings (SSSR count). The number of Topliss-reactive ketones (excluding diaryl/α,β-unsaturated/α-hetero) is 1. The first-order chi connectivity index (χ1) is 17.3. The molecule has 0 heterocycles. The topological polar surface area (TPSA) is 116 Å². The molecule has 4 aliphatic carbocycles. The molecule has 0 aromatic rings. The Morgan fingerprint density at radius 2 is 1.76 bits per heavy atom. The maximum atomic E-state index is 12.5. The predicted octanol–water partition coefficient (Wildman–Crippen LogP) is 4.00. The summed E-state index contributed by atoms with van der Waals surface area (Å²) >= 11 is 0. The van der Waals surface area contributed by atoms with Gasteiger partial charge in [0, 0.05) is 56.3 Å². The quantitative estimate of drug-likeness (QED) is 0.413. The lowest BCUT2D eigenvalue weighted by atomic mass is 9.41. The van der Waals surface area contributed by atoms with Crippen LogP contribution >= 0.6 is 0 Å². The SMILES string of the molecule is COC(=O)CC[C@@H](C)[C@H]1CC[C@H]2[C@@H]3[C@H](OC(C)=O)C[C@]4(O)CC(=O)CC[C@]4(C)[C@H]3C[C@H](OC(C)=O)[C@]12C. The number of methoxy groups -OCH3 is 1. The van der Waals surface area contributed by atoms with Gasteiger partial charge in [-0.3, -0.25) is 19.2 Å². The molecule has 0 aliphatic heterocycles. The van der Waals surface area contributed by atoms with E-state index in [2.05, 4.69) is 20.8 Å². The van der Waals surface area contributed by atoms with Gasteiger partial charge >= 0.3 is 17.9 Å². The number of carbonyl (C=O) groups is 4. The van der Waals surface area contributed by atoms with Crippen LogP contribution in [0.15, 0.2) is 0 Å². The lowest BCUT2D eigenvalue weighted by Crippen LogP contribution is -2.69. The van der Waals surface area contributed by atoms with Crippen LogP contribution < -0.4 is 0 Å². The van der Waals surface area contributed by atoms with Crippen molar-refractivity contribution in [2.45, 2.75) is 110 Å². The summed E-state index contributed by atoms with van der Waals surface area (Å²) in [5.41, 5.74) is -2.17. The van der Waals surface area contributed by atoms with Crippen molar-refractivity contribution < 1.29 is 38.5 Å². The summed E-state index contributed by atoms with van der Waals surface area (Å²) in [6, 6.07) is 0. The van der Waals surface area contributed by atoms with Gasteiger partial charge in [0.2, 0.25) is 0 Å². The molecule has 0 aromatic carbocycles. The Kier molecular flexibility index (Phi) is 7.56. The molecule has 4 aliphatic rings. The van der Waals surface area contributed by atoms with Gasteiger partial charge in [-0.15, -0.1) is 0 Å². The highest BCUT2D eigenvalue weighted by molar-refractivity contribution is 5.81. The number of aliphatic hydroxyl groups is 1. The molecule has 4 saturated carbocycles. The number of ketones is 1. The molecule has 208 valence electrons. The second-order valence-corrected chi connectivity index (χ2v) is 12.8. The molecule has 0 aromatic heterocycles. The van der Waals surface area contributed by atoms with E-state index in [0.717, 1.165) is 12.8 Å². The van der Waals surface area contributed by atoms with Gasteiger partial charge in [0.05, 0.1) is 12.7 Å². The standard InChI is InChI=1S/C29H44O8/c1-16(7-10-25(33)35-6)20-8-9-21-26-22(13-24(28(20,21)5)37-18(3)31)27(4)12-11-19(32)14-29(27,34)15-23(26)36-17(2)30/h16,20-24,26,34H,7-15H2,1-6H3/t16-,20-,21+,22+,23-,24+,26+,27-,28-,29-/m1/s1. The zero-order valence-electron chi connectivity index (χ0n) is 23.2. The molecule has 8 nitrogen and oxygen atoms in total. The highest BCUT2D eigenvalue weighted by Gasteiger charge is 2.70. The molecule has 0 radical (unpaired) electrons. The minimum atomic E-state index is -1.26. The summed E-state index contributed by atoms with van der Waals surface area (Å²) in [4.78, 5) is 49.0. The van der Waals surface area contributed by atoms with Gasteiger partial charge in [0.1, 0.15) is 18.0 Å². The largest absolute Gasteiger partial charge is 0.469 e. The molecule has 8 heteroatoms. The molecule has 10 atom stereocenters. The maximum Gasteiger partial charge on any atom is 0.305 e. The first kappa shape index (κ1) is 28.1. The van der Waals surface area contributed by atoms with E-state index in [0.29, 0.717) is 32.1 Å². The van der Waals surface area contributed by atoms with Crippen LogP contribution in [-0.2, 0) is 33.4 Å². The monoisotopic (exact) mass is 520 g/mol. The Morgan fingerprint density at radius 3 is 2.38 bits per heavy atom. The summed E-state index contributed by atoms with van der Waals surface area (Å²) in [5.74, 6) is -0.431. The van der Waals surface area contributed by atoms with Crippen LogP contribution in [0.2, 0.25) is 0 Å². The molecular weight excluding hydrogens is 476 g/mol. The van der Waals surface area contributed by atoms with E-state index >= 15 is 0 Å². The highest BCUT2D eigenvalue weighted by Crippen LogP contribution is 2.69. The third-order valence-electron chi connectivity index (χ3n) is 11.1. The fourth-order valence-electron chi connectivity index (χ4n) is 9.27. The van der Waals surface area contributed by atoms with Gasteiger partial charge in [-0.2, -0.15) is 0 Å². The molecule has 0 spiro atoms. The minimum Gasteiger partial charge on any atom is -0.469 e. The zero-order chi connectivity index (χ0) is 27.3. The number of rotatable bonds is 6. The van der Waals surface area contributed by atoms with Crippen LogP contribution in [0.1, 0.15) is 92.4 Å². The minimum absolute atomic E-state index is 0.00278. The van der Waals surface area contributed by atoms with Gasteiger partial charge in [0.15, 0.2) is 0 Å². The lowest BCUT2D eigenvalue weighted by molar-refractivity contribution is -0.257. The van der Waals surface area contributed by atoms with E-state index in [1.165, 1.54) is 21.0 Å². The number of hydrogen-bond acceptors (Lipinski definition) is 8. The van der Waals surface area contributed by atoms with E-state index in [1.807, 2.05) is 0 Å². The fraction of sp³-hybridized carbons (Fsp3) is 0.862. The number of ether oxygens (including phenoxy) is 3. The maximum absolute atomic E-state index is 12.5. The molecule has 0 unspecified atom stereocenters. The lowest BCUT2D eigenvalue weighted by Gasteiger charge is -2.65. The molecule has 37 heavy (non-hydrogen) atoms. The van der Waals surface area contributed by atoms with Crippen LogP contribution in [-0.4, -0.2) is 53.7 Å². The molecule has 0 amide bonds. The third kappa shape index (κ3) is 4.61. The van der Waals surface area contributed by atoms with Crippen LogP contribution in [0, 0.1) is 40.4 Å². The van der Waals surface area contributed by atoms with E-state index in [4.69, 9.17) is 14.2 Å². The van der Waals surface area contributed by atoms with Crippen molar-refractivity contribution in [1.29, 1.82) is 0 Å². The van der Waals surface area contributed by atoms with Gasteiger partial charge < -0.3 is 19.3 Å². The first-order valence-electron chi connectivity index (χ1n) is 13.9. The first-order valence-corrected chi connectivity index (χ1v) is 13.9. The van der Waals surface area contributed by atoms with Crippen LogP contribution in [0.5, 0.6) is 0 Å². The Morgan fingerprint density at radius 1 is 1.08 bits per heavy atom. The Bertz CT molecular complexity index is 946. The van der Waals surface area contributed by atoms with Gasteiger partial charge in [0.25, 0.3) is 0 Å². The fourth-order valence-corrected chi connectivity index (χ4v) is 9.27. The Hall–Kier alpha value is -1.96. The smallest absolute Gasteiger partial charge is 0.305 e. The molecule has 1 N–H and O–H groups in total. The summed E-state index contributed by atoms with van der Waals surface area (Å²) < 4.78 is 16.9. The molecular formula is C29H44O8. The Balaban J connectivity index is 1.75. The second kappa shape index (κ2) is 9.97. The van der Waals surface area contributed by atoms with Crippen molar-refractivity contribution in [3.05, 3.63) is 0 Å². The van der Waals surface area contributed by atoms with Gasteiger partial charge in [-0.25, -0.2) is 0 Å². The van der Waals surface area contributed by atoms with E-state index in [1.54, 1.807) is 0 Å². The summed E-state index contributed by atoms with van der Waals surface area (Å²) in [6.45, 7) is 9.30. The average Bonchev–Trinajstić information content (AvgIpc) is 3.16. The molecule has 4 fully saturated rings. The predicted molar refractivity (Wildman–Crippen MR) is 134 cm³/mol. The Labute approximate surface area is 220 Å². The third-order valence-corrected chi connectivity index (χ3v) is 11.1. The summed E-state index contributed by atoms with van der Waals surface area (Å²) in [6.07, 6.45) is 3.87. The molecule has 0 bridgehead atoms.